The number of hydrogen-bond acceptors (Lipinski definition) is 3. The van der Waals surface area contributed by atoms with Crippen LogP contribution in [0.5, 0.6) is 0 Å². The maximum atomic E-state index is 13.8. The summed E-state index contributed by atoms with van der Waals surface area (Å²) in [6.07, 6.45) is 3.38. The number of halogens is 2. The Morgan fingerprint density at radius 2 is 2.04 bits per heavy atom. The highest BCUT2D eigenvalue weighted by atomic mass is 19.3. The number of likely N-dealkylation sites (tertiary alicyclic amines) is 1. The van der Waals surface area contributed by atoms with E-state index in [2.05, 4.69) is 11.7 Å². The summed E-state index contributed by atoms with van der Waals surface area (Å²) in [5, 5.41) is 14.3. The van der Waals surface area contributed by atoms with Crippen molar-refractivity contribution in [1.82, 2.24) is 14.7 Å². The highest BCUT2D eigenvalue weighted by Gasteiger charge is 2.54. The van der Waals surface area contributed by atoms with Crippen molar-refractivity contribution in [3.8, 4) is 0 Å². The first-order valence-corrected chi connectivity index (χ1v) is 8.18. The van der Waals surface area contributed by atoms with Crippen LogP contribution in [-0.2, 0) is 4.79 Å². The van der Waals surface area contributed by atoms with Gasteiger partial charge < -0.3 is 10.0 Å². The van der Waals surface area contributed by atoms with Crippen LogP contribution in [0.1, 0.15) is 51.3 Å². The third-order valence-electron chi connectivity index (χ3n) is 4.71. The van der Waals surface area contributed by atoms with E-state index in [4.69, 9.17) is 0 Å². The fraction of sp³-hybridized carbons (Fsp3) is 0.647. The molecular formula is C17H25F2N3O2. The Labute approximate surface area is 140 Å². The van der Waals surface area contributed by atoms with E-state index in [0.717, 1.165) is 12.6 Å². The SMILES string of the molecule is C=CC(F)(F)C(C)(O)C(=O)N1CCC(c2ccnn2C(C)C)CC1. The lowest BCUT2D eigenvalue weighted by Gasteiger charge is -2.38. The second-order valence-electron chi connectivity index (χ2n) is 6.76. The van der Waals surface area contributed by atoms with Crippen LogP contribution in [0.4, 0.5) is 8.78 Å². The van der Waals surface area contributed by atoms with E-state index in [9.17, 15) is 18.7 Å². The fourth-order valence-corrected chi connectivity index (χ4v) is 3.11. The number of hydrogen-bond donors (Lipinski definition) is 1. The summed E-state index contributed by atoms with van der Waals surface area (Å²) < 4.78 is 29.4. The van der Waals surface area contributed by atoms with Crippen molar-refractivity contribution in [1.29, 1.82) is 0 Å². The number of aliphatic hydroxyl groups is 1. The summed E-state index contributed by atoms with van der Waals surface area (Å²) in [5.41, 5.74) is -1.68. The number of aromatic nitrogens is 2. The van der Waals surface area contributed by atoms with Crippen LogP contribution in [0.15, 0.2) is 24.9 Å². The van der Waals surface area contributed by atoms with E-state index in [1.807, 2.05) is 24.6 Å². The van der Waals surface area contributed by atoms with Crippen molar-refractivity contribution < 1.29 is 18.7 Å². The molecule has 1 N–H and O–H groups in total. The molecule has 1 saturated heterocycles. The molecule has 24 heavy (non-hydrogen) atoms. The monoisotopic (exact) mass is 341 g/mol. The van der Waals surface area contributed by atoms with Gasteiger partial charge in [0.25, 0.3) is 5.91 Å². The molecule has 1 amide bonds. The molecule has 1 fully saturated rings. The second-order valence-corrected chi connectivity index (χ2v) is 6.76. The molecule has 1 aliphatic heterocycles. The number of nitrogens with zero attached hydrogens (tertiary/aromatic N) is 3. The highest BCUT2D eigenvalue weighted by molar-refractivity contribution is 5.86. The zero-order valence-electron chi connectivity index (χ0n) is 14.4. The van der Waals surface area contributed by atoms with Crippen LogP contribution in [-0.4, -0.2) is 50.3 Å². The molecule has 1 aromatic rings. The number of rotatable bonds is 5. The molecule has 2 rings (SSSR count). The Balaban J connectivity index is 2.06. The van der Waals surface area contributed by atoms with Crippen molar-refractivity contribution in [3.63, 3.8) is 0 Å². The van der Waals surface area contributed by atoms with E-state index in [0.29, 0.717) is 32.0 Å². The summed E-state index contributed by atoms with van der Waals surface area (Å²) in [6.45, 7) is 8.60. The van der Waals surface area contributed by atoms with Gasteiger partial charge in [-0.1, -0.05) is 6.58 Å². The Kier molecular flexibility index (Phi) is 5.13. The molecule has 134 valence electrons. The Morgan fingerprint density at radius 3 is 2.54 bits per heavy atom. The molecule has 5 nitrogen and oxygen atoms in total. The molecule has 7 heteroatoms. The number of carbonyl (C=O) groups is 1. The summed E-state index contributed by atoms with van der Waals surface area (Å²) >= 11 is 0. The second kappa shape index (κ2) is 6.63. The van der Waals surface area contributed by atoms with Gasteiger partial charge in [-0.15, -0.1) is 0 Å². The molecule has 0 radical (unpaired) electrons. The van der Waals surface area contributed by atoms with Crippen LogP contribution < -0.4 is 0 Å². The molecule has 0 bridgehead atoms. The van der Waals surface area contributed by atoms with E-state index >= 15 is 0 Å². The van der Waals surface area contributed by atoms with E-state index in [1.54, 1.807) is 6.20 Å². The quantitative estimate of drug-likeness (QED) is 0.838. The number of piperidine rings is 1. The third-order valence-corrected chi connectivity index (χ3v) is 4.71. The Hall–Kier alpha value is -1.76. The van der Waals surface area contributed by atoms with Gasteiger partial charge in [-0.05, 0) is 45.8 Å². The number of amides is 1. The van der Waals surface area contributed by atoms with Gasteiger partial charge in [-0.3, -0.25) is 9.48 Å². The molecule has 0 aliphatic carbocycles. The van der Waals surface area contributed by atoms with Crippen LogP contribution in [0, 0.1) is 0 Å². The average Bonchev–Trinajstić information content (AvgIpc) is 3.04. The molecular weight excluding hydrogens is 316 g/mol. The van der Waals surface area contributed by atoms with Crippen molar-refractivity contribution in [2.45, 2.75) is 57.1 Å². The maximum Gasteiger partial charge on any atom is 0.303 e. The van der Waals surface area contributed by atoms with Gasteiger partial charge in [0, 0.05) is 36.9 Å². The van der Waals surface area contributed by atoms with E-state index < -0.39 is 17.4 Å². The standard InChI is InChI=1S/C17H25F2N3O2/c1-5-17(18,19)16(4,24)15(23)21-10-7-13(8-11-21)14-6-9-20-22(14)12(2)3/h5-6,9,12-13,24H,1,7-8,10-11H2,2-4H3. The fourth-order valence-electron chi connectivity index (χ4n) is 3.11. The van der Waals surface area contributed by atoms with Gasteiger partial charge in [-0.2, -0.15) is 13.9 Å². The van der Waals surface area contributed by atoms with E-state index in [1.165, 1.54) is 4.90 Å². The predicted molar refractivity (Wildman–Crippen MR) is 86.9 cm³/mol. The minimum absolute atomic E-state index is 0.226. The highest BCUT2D eigenvalue weighted by Crippen LogP contribution is 2.34. The lowest BCUT2D eigenvalue weighted by atomic mass is 9.90. The van der Waals surface area contributed by atoms with Gasteiger partial charge in [0.05, 0.1) is 0 Å². The van der Waals surface area contributed by atoms with Crippen LogP contribution in [0.2, 0.25) is 0 Å². The summed E-state index contributed by atoms with van der Waals surface area (Å²) in [6, 6.07) is 2.20. The Morgan fingerprint density at radius 1 is 1.46 bits per heavy atom. The molecule has 1 atom stereocenters. The zero-order chi connectivity index (χ0) is 18.1. The van der Waals surface area contributed by atoms with Gasteiger partial charge in [0.1, 0.15) is 0 Å². The lowest BCUT2D eigenvalue weighted by molar-refractivity contribution is -0.182. The lowest BCUT2D eigenvalue weighted by Crippen LogP contribution is -2.58. The summed E-state index contributed by atoms with van der Waals surface area (Å²) in [5.74, 6) is -4.40. The summed E-state index contributed by atoms with van der Waals surface area (Å²) in [4.78, 5) is 13.6. The summed E-state index contributed by atoms with van der Waals surface area (Å²) in [7, 11) is 0. The normalized spacial score (nSPS) is 19.4. The molecule has 1 aromatic heterocycles. The minimum Gasteiger partial charge on any atom is -0.375 e. The van der Waals surface area contributed by atoms with E-state index in [-0.39, 0.29) is 12.0 Å². The van der Waals surface area contributed by atoms with Crippen molar-refractivity contribution in [3.05, 3.63) is 30.6 Å². The number of carbonyl (C=O) groups excluding carboxylic acids is 1. The molecule has 1 unspecified atom stereocenters. The first-order valence-electron chi connectivity index (χ1n) is 8.18. The maximum absolute atomic E-state index is 13.8. The van der Waals surface area contributed by atoms with Gasteiger partial charge in [0.2, 0.25) is 5.60 Å². The van der Waals surface area contributed by atoms with Crippen LogP contribution in [0.25, 0.3) is 0 Å². The largest absolute Gasteiger partial charge is 0.375 e. The Bertz CT molecular complexity index is 603. The molecule has 0 saturated carbocycles. The zero-order valence-corrected chi connectivity index (χ0v) is 14.4. The average molecular weight is 341 g/mol. The van der Waals surface area contributed by atoms with Crippen molar-refractivity contribution in [2.75, 3.05) is 13.1 Å². The molecule has 1 aliphatic rings. The molecule has 0 spiro atoms. The van der Waals surface area contributed by atoms with Crippen LogP contribution >= 0.6 is 0 Å². The van der Waals surface area contributed by atoms with Crippen LogP contribution in [0.3, 0.4) is 0 Å². The number of alkyl halides is 2. The van der Waals surface area contributed by atoms with Gasteiger partial charge >= 0.3 is 5.92 Å². The van der Waals surface area contributed by atoms with Crippen molar-refractivity contribution >= 4 is 5.91 Å². The van der Waals surface area contributed by atoms with Gasteiger partial charge in [-0.25, -0.2) is 0 Å². The predicted octanol–water partition coefficient (Wildman–Crippen LogP) is 2.74. The molecule has 2 heterocycles. The molecule has 0 aromatic carbocycles. The van der Waals surface area contributed by atoms with Crippen molar-refractivity contribution in [2.24, 2.45) is 0 Å². The third kappa shape index (κ3) is 3.22. The first kappa shape index (κ1) is 18.6. The smallest absolute Gasteiger partial charge is 0.303 e. The van der Waals surface area contributed by atoms with Gasteiger partial charge in [0.15, 0.2) is 0 Å². The minimum atomic E-state index is -3.67. The first-order chi connectivity index (χ1) is 11.1. The topological polar surface area (TPSA) is 58.4 Å².